The molecule has 0 aliphatic carbocycles. The van der Waals surface area contributed by atoms with Gasteiger partial charge in [0.1, 0.15) is 0 Å². The van der Waals surface area contributed by atoms with Gasteiger partial charge in [-0.2, -0.15) is 0 Å². The summed E-state index contributed by atoms with van der Waals surface area (Å²) in [4.78, 5) is 0. The molecule has 1 aromatic carbocycles. The molecule has 158 valence electrons. The fourth-order valence-electron chi connectivity index (χ4n) is 3.05. The van der Waals surface area contributed by atoms with Crippen molar-refractivity contribution in [2.24, 2.45) is 0 Å². The van der Waals surface area contributed by atoms with E-state index in [9.17, 15) is 5.11 Å². The minimum Gasteiger partial charge on any atom is -0.366 e. The summed E-state index contributed by atoms with van der Waals surface area (Å²) < 4.78 is 5.76. The van der Waals surface area contributed by atoms with E-state index in [2.05, 4.69) is 49.6 Å². The van der Waals surface area contributed by atoms with Crippen LogP contribution < -0.4 is 0 Å². The van der Waals surface area contributed by atoms with Crippen LogP contribution in [0, 0.1) is 0 Å². The van der Waals surface area contributed by atoms with Gasteiger partial charge in [-0.3, -0.25) is 0 Å². The van der Waals surface area contributed by atoms with E-state index in [-0.39, 0.29) is 0 Å². The minimum atomic E-state index is -1.12. The van der Waals surface area contributed by atoms with Gasteiger partial charge in [0.05, 0.1) is 6.61 Å². The molecule has 1 N–H and O–H groups in total. The molecule has 0 saturated heterocycles. The van der Waals surface area contributed by atoms with Gasteiger partial charge in [0.2, 0.25) is 0 Å². The van der Waals surface area contributed by atoms with Gasteiger partial charge in [0.25, 0.3) is 0 Å². The predicted molar refractivity (Wildman–Crippen MR) is 130 cm³/mol. The first-order chi connectivity index (χ1) is 14.0. The van der Waals surface area contributed by atoms with E-state index in [0.717, 1.165) is 49.2 Å². The maximum atomic E-state index is 10.6. The Morgan fingerprint density at radius 1 is 0.897 bits per heavy atom. The van der Waals surface area contributed by atoms with Gasteiger partial charge in [-0.15, -0.1) is 0 Å². The van der Waals surface area contributed by atoms with Gasteiger partial charge >= 0.3 is 0 Å². The molecule has 2 bridgehead atoms. The number of allylic oxidation sites excluding steroid dienone is 6. The van der Waals surface area contributed by atoms with Crippen LogP contribution in [0.15, 0.2) is 72.9 Å². The number of benzene rings is 1. The zero-order valence-corrected chi connectivity index (χ0v) is 19.2. The number of hydrogen-bond acceptors (Lipinski definition) is 4. The first-order valence-electron chi connectivity index (χ1n) is 10.4. The van der Waals surface area contributed by atoms with Crippen LogP contribution >= 0.6 is 21.6 Å². The molecule has 0 aromatic heterocycles. The lowest BCUT2D eigenvalue weighted by atomic mass is 10.0. The highest BCUT2D eigenvalue weighted by Gasteiger charge is 2.20. The van der Waals surface area contributed by atoms with Crippen molar-refractivity contribution < 1.29 is 9.84 Å². The Hall–Kier alpha value is -1.20. The van der Waals surface area contributed by atoms with Crippen LogP contribution in [-0.4, -0.2) is 29.0 Å². The fourth-order valence-corrected chi connectivity index (χ4v) is 5.13. The van der Waals surface area contributed by atoms with E-state index < -0.39 is 5.79 Å². The molecule has 3 rings (SSSR count). The zero-order valence-electron chi connectivity index (χ0n) is 17.6. The van der Waals surface area contributed by atoms with Crippen molar-refractivity contribution in [3.8, 4) is 0 Å². The second-order valence-corrected chi connectivity index (χ2v) is 10.2. The van der Waals surface area contributed by atoms with Crippen molar-refractivity contribution in [3.05, 3.63) is 84.0 Å². The molecule has 1 aromatic rings. The van der Waals surface area contributed by atoms with E-state index in [1.165, 1.54) is 16.7 Å². The highest BCUT2D eigenvalue weighted by molar-refractivity contribution is 8.76. The number of aryl methyl sites for hydroxylation is 2. The van der Waals surface area contributed by atoms with Crippen LogP contribution in [0.3, 0.4) is 0 Å². The number of hydrogen-bond donors (Lipinski definition) is 1. The number of aliphatic hydroxyl groups is 1. The lowest BCUT2D eigenvalue weighted by Gasteiger charge is -2.24. The van der Waals surface area contributed by atoms with Crippen molar-refractivity contribution in [2.45, 2.75) is 51.2 Å². The van der Waals surface area contributed by atoms with E-state index in [1.54, 1.807) is 6.92 Å². The molecular formula is C25H34O2S2. The molecule has 0 spiro atoms. The Kier molecular flexibility index (Phi) is 10.9. The van der Waals surface area contributed by atoms with Crippen LogP contribution in [0.2, 0.25) is 0 Å². The van der Waals surface area contributed by atoms with Gasteiger partial charge in [-0.25, -0.2) is 0 Å². The van der Waals surface area contributed by atoms with Gasteiger partial charge in [-0.05, 0) is 61.3 Å². The molecule has 29 heavy (non-hydrogen) atoms. The molecule has 2 nitrogen and oxygen atoms in total. The largest absolute Gasteiger partial charge is 0.366 e. The lowest BCUT2D eigenvalue weighted by Crippen LogP contribution is -2.28. The van der Waals surface area contributed by atoms with Crippen molar-refractivity contribution in [1.82, 2.24) is 0 Å². The molecule has 0 radical (unpaired) electrons. The minimum absolute atomic E-state index is 0.545. The molecule has 1 atom stereocenters. The first kappa shape index (κ1) is 24.1. The summed E-state index contributed by atoms with van der Waals surface area (Å²) in [7, 11) is 3.87. The van der Waals surface area contributed by atoms with E-state index >= 15 is 0 Å². The maximum Gasteiger partial charge on any atom is 0.162 e. The highest BCUT2D eigenvalue weighted by atomic mass is 33.1. The van der Waals surface area contributed by atoms with Gasteiger partial charge in [-0.1, -0.05) is 83.3 Å². The molecule has 0 saturated carbocycles. The molecule has 1 unspecified atom stereocenters. The van der Waals surface area contributed by atoms with Crippen LogP contribution in [-0.2, 0) is 17.6 Å². The standard InChI is InChI=1S/C25H34O2S2/c1-4-21-8-9-22(5-2)15-19-28-29-20-16-24-12-10-23(11-13-24)7-6-18-27-25(3,26)17-14-21/h4-5,8-13,26H,1-2,6-7,14-20H2,3H3/b21-8+,22-9+. The monoisotopic (exact) mass is 430 g/mol. The summed E-state index contributed by atoms with van der Waals surface area (Å²) in [6.07, 6.45) is 13.2. The molecule has 0 amide bonds. The van der Waals surface area contributed by atoms with Crippen molar-refractivity contribution in [1.29, 1.82) is 0 Å². The lowest BCUT2D eigenvalue weighted by molar-refractivity contribution is -0.193. The van der Waals surface area contributed by atoms with Crippen LogP contribution in [0.25, 0.3) is 0 Å². The Morgan fingerprint density at radius 3 is 2.07 bits per heavy atom. The third kappa shape index (κ3) is 9.90. The number of rotatable bonds is 2. The third-order valence-electron chi connectivity index (χ3n) is 4.99. The van der Waals surface area contributed by atoms with Crippen molar-refractivity contribution in [2.75, 3.05) is 18.1 Å². The zero-order chi connectivity index (χ0) is 21.0. The highest BCUT2D eigenvalue weighted by Crippen LogP contribution is 2.25. The Labute approximate surface area is 184 Å². The van der Waals surface area contributed by atoms with Gasteiger partial charge < -0.3 is 9.84 Å². The Morgan fingerprint density at radius 2 is 1.45 bits per heavy atom. The van der Waals surface area contributed by atoms with Crippen molar-refractivity contribution in [3.63, 3.8) is 0 Å². The summed E-state index contributed by atoms with van der Waals surface area (Å²) >= 11 is 0. The van der Waals surface area contributed by atoms with Crippen molar-refractivity contribution >= 4 is 21.6 Å². The second-order valence-electron chi connectivity index (χ2n) is 7.48. The molecule has 0 fully saturated rings. The topological polar surface area (TPSA) is 29.5 Å². The van der Waals surface area contributed by atoms with Gasteiger partial charge in [0.15, 0.2) is 5.79 Å². The van der Waals surface area contributed by atoms with Gasteiger partial charge in [0, 0.05) is 17.9 Å². The summed E-state index contributed by atoms with van der Waals surface area (Å²) in [5.74, 6) is 1.07. The molecule has 4 heteroatoms. The fraction of sp³-hybridized carbons (Fsp3) is 0.440. The predicted octanol–water partition coefficient (Wildman–Crippen LogP) is 6.68. The van der Waals surface area contributed by atoms with E-state index in [1.807, 2.05) is 33.7 Å². The SMILES string of the molecule is C=C/C1=C\C=C(/C=C)CCC(C)(O)OCCCc2ccc(cc2)CCSSCC1. The molecule has 2 heterocycles. The summed E-state index contributed by atoms with van der Waals surface area (Å²) in [6, 6.07) is 8.91. The Balaban J connectivity index is 2.04. The smallest absolute Gasteiger partial charge is 0.162 e. The second kappa shape index (κ2) is 13.2. The van der Waals surface area contributed by atoms with Crippen LogP contribution in [0.5, 0.6) is 0 Å². The number of ether oxygens (including phenoxy) is 1. The van der Waals surface area contributed by atoms with Crippen LogP contribution in [0.4, 0.5) is 0 Å². The average molecular weight is 431 g/mol. The van der Waals surface area contributed by atoms with E-state index in [4.69, 9.17) is 4.74 Å². The molecular weight excluding hydrogens is 396 g/mol. The van der Waals surface area contributed by atoms with E-state index in [0.29, 0.717) is 13.0 Å². The average Bonchev–Trinajstić information content (AvgIpc) is 2.72. The summed E-state index contributed by atoms with van der Waals surface area (Å²) in [5.41, 5.74) is 5.04. The molecule has 2 aliphatic rings. The summed E-state index contributed by atoms with van der Waals surface area (Å²) in [6.45, 7) is 10.2. The first-order valence-corrected chi connectivity index (χ1v) is 12.8. The van der Waals surface area contributed by atoms with Crippen LogP contribution in [0.1, 0.15) is 43.7 Å². The Bertz CT molecular complexity index is 702. The molecule has 2 aliphatic heterocycles. The quantitative estimate of drug-likeness (QED) is 0.530. The third-order valence-corrected chi connectivity index (χ3v) is 7.40. The summed E-state index contributed by atoms with van der Waals surface area (Å²) in [5, 5.41) is 10.6. The maximum absolute atomic E-state index is 10.6. The normalized spacial score (nSPS) is 27.0. The number of fused-ring (bicyclic) bond motifs is 16.